The lowest BCUT2D eigenvalue weighted by Crippen LogP contribution is -2.45. The fourth-order valence-electron chi connectivity index (χ4n) is 2.91. The molecular weight excluding hydrogens is 459 g/mol. The molecule has 0 saturated carbocycles. The van der Waals surface area contributed by atoms with Gasteiger partial charge in [0.1, 0.15) is 16.7 Å². The maximum absolute atomic E-state index is 13.1. The zero-order valence-electron chi connectivity index (χ0n) is 16.5. The van der Waals surface area contributed by atoms with Gasteiger partial charge in [0.25, 0.3) is 0 Å². The van der Waals surface area contributed by atoms with Gasteiger partial charge in [0.15, 0.2) is 0 Å². The smallest absolute Gasteiger partial charge is 0.245 e. The maximum atomic E-state index is 13.1. The summed E-state index contributed by atoms with van der Waals surface area (Å²) in [5.41, 5.74) is 1.28. The second-order valence-electron chi connectivity index (χ2n) is 6.65. The van der Waals surface area contributed by atoms with Crippen molar-refractivity contribution in [1.29, 1.82) is 0 Å². The highest BCUT2D eigenvalue weighted by atomic mass is 35.5. The summed E-state index contributed by atoms with van der Waals surface area (Å²) in [4.78, 5) is 12.9. The number of ether oxygens (including phenoxy) is 1. The summed E-state index contributed by atoms with van der Waals surface area (Å²) < 4.78 is 33.9. The van der Waals surface area contributed by atoms with E-state index >= 15 is 0 Å². The van der Waals surface area contributed by atoms with Gasteiger partial charge in [0.2, 0.25) is 15.9 Å². The monoisotopic (exact) mass is 478 g/mol. The third-order valence-electron chi connectivity index (χ3n) is 4.42. The van der Waals surface area contributed by atoms with Gasteiger partial charge in [0.05, 0.1) is 7.11 Å². The van der Waals surface area contributed by atoms with Crippen LogP contribution in [-0.4, -0.2) is 27.5 Å². The van der Waals surface area contributed by atoms with Crippen LogP contribution in [0.15, 0.2) is 77.7 Å². The Hall–Kier alpha value is -2.58. The Labute approximate surface area is 191 Å². The van der Waals surface area contributed by atoms with Gasteiger partial charge in [-0.05, 0) is 54.4 Å². The second kappa shape index (κ2) is 10.2. The van der Waals surface area contributed by atoms with Gasteiger partial charge in [-0.1, -0.05) is 53.5 Å². The number of sulfonamides is 1. The van der Waals surface area contributed by atoms with E-state index in [1.165, 1.54) is 25.3 Å². The third-order valence-corrected chi connectivity index (χ3v) is 6.40. The lowest BCUT2D eigenvalue weighted by atomic mass is 10.1. The van der Waals surface area contributed by atoms with Gasteiger partial charge in [-0.2, -0.15) is 4.72 Å². The Morgan fingerprint density at radius 3 is 2.26 bits per heavy atom. The topological polar surface area (TPSA) is 84.5 Å². The molecule has 3 aromatic carbocycles. The Bertz CT molecular complexity index is 1150. The third kappa shape index (κ3) is 6.21. The number of methoxy groups -OCH3 is 1. The lowest BCUT2D eigenvalue weighted by molar-refractivity contribution is -0.117. The van der Waals surface area contributed by atoms with E-state index in [1.54, 1.807) is 24.3 Å². The molecule has 31 heavy (non-hydrogen) atoms. The van der Waals surface area contributed by atoms with E-state index in [9.17, 15) is 13.2 Å². The first-order chi connectivity index (χ1) is 14.8. The summed E-state index contributed by atoms with van der Waals surface area (Å²) in [5.74, 6) is -0.399. The predicted octanol–water partition coefficient (Wildman–Crippen LogP) is 4.53. The fourth-order valence-corrected chi connectivity index (χ4v) is 4.66. The van der Waals surface area contributed by atoms with Gasteiger partial charge in [-0.25, -0.2) is 8.42 Å². The number of carbonyl (C=O) groups is 1. The van der Waals surface area contributed by atoms with E-state index in [0.29, 0.717) is 10.7 Å². The summed E-state index contributed by atoms with van der Waals surface area (Å²) in [6.07, 6.45) is 0.141. The fraction of sp³-hybridized carbons (Fsp3) is 0.136. The molecule has 3 rings (SSSR count). The van der Waals surface area contributed by atoms with E-state index in [4.69, 9.17) is 27.9 Å². The van der Waals surface area contributed by atoms with Gasteiger partial charge in [-0.3, -0.25) is 4.79 Å². The molecule has 0 aliphatic rings. The van der Waals surface area contributed by atoms with Gasteiger partial charge in [-0.15, -0.1) is 0 Å². The standard InChI is InChI=1S/C22H20Cl2N2O4S/c1-30-20-12-9-17(24)14-21(20)31(28,29)26-19(13-15-5-3-2-4-6-15)22(27)25-18-10-7-16(23)8-11-18/h2-12,14,19,26H,13H2,1H3,(H,25,27)/t19-/m0/s1. The molecule has 6 nitrogen and oxygen atoms in total. The van der Waals surface area contributed by atoms with E-state index in [2.05, 4.69) is 10.0 Å². The van der Waals surface area contributed by atoms with Crippen LogP contribution < -0.4 is 14.8 Å². The van der Waals surface area contributed by atoms with Crippen molar-refractivity contribution in [3.05, 3.63) is 88.4 Å². The normalized spacial score (nSPS) is 12.2. The number of hydrogen-bond donors (Lipinski definition) is 2. The first kappa shape index (κ1) is 23.1. The highest BCUT2D eigenvalue weighted by molar-refractivity contribution is 7.89. The van der Waals surface area contributed by atoms with Crippen LogP contribution in [0.1, 0.15) is 5.56 Å². The minimum Gasteiger partial charge on any atom is -0.495 e. The number of halogens is 2. The minimum atomic E-state index is -4.13. The Morgan fingerprint density at radius 1 is 0.968 bits per heavy atom. The number of amides is 1. The largest absolute Gasteiger partial charge is 0.495 e. The van der Waals surface area contributed by atoms with Crippen LogP contribution in [0.2, 0.25) is 10.0 Å². The van der Waals surface area contributed by atoms with Crippen molar-refractivity contribution >= 4 is 44.8 Å². The van der Waals surface area contributed by atoms with Crippen LogP contribution in [0.4, 0.5) is 5.69 Å². The van der Waals surface area contributed by atoms with E-state index in [0.717, 1.165) is 5.56 Å². The molecule has 9 heteroatoms. The van der Waals surface area contributed by atoms with E-state index in [-0.39, 0.29) is 22.1 Å². The second-order valence-corrected chi connectivity index (χ2v) is 9.21. The summed E-state index contributed by atoms with van der Waals surface area (Å²) in [5, 5.41) is 3.47. The Balaban J connectivity index is 1.91. The van der Waals surface area contributed by atoms with Crippen LogP contribution in [0.25, 0.3) is 0 Å². The summed E-state index contributed by atoms with van der Waals surface area (Å²) >= 11 is 11.9. The molecule has 3 aromatic rings. The Kier molecular flexibility index (Phi) is 7.56. The zero-order valence-corrected chi connectivity index (χ0v) is 18.8. The summed E-state index contributed by atoms with van der Waals surface area (Å²) in [7, 11) is -2.77. The average Bonchev–Trinajstić information content (AvgIpc) is 2.75. The zero-order chi connectivity index (χ0) is 22.4. The first-order valence-electron chi connectivity index (χ1n) is 9.25. The summed E-state index contributed by atoms with van der Waals surface area (Å²) in [6, 6.07) is 18.8. The number of nitrogens with one attached hydrogen (secondary N) is 2. The molecule has 162 valence electrons. The highest BCUT2D eigenvalue weighted by Gasteiger charge is 2.28. The van der Waals surface area contributed by atoms with Crippen molar-refractivity contribution in [2.75, 3.05) is 12.4 Å². The molecule has 0 unspecified atom stereocenters. The van der Waals surface area contributed by atoms with Crippen molar-refractivity contribution in [2.45, 2.75) is 17.4 Å². The quantitative estimate of drug-likeness (QED) is 0.497. The van der Waals surface area contributed by atoms with Gasteiger partial charge in [0, 0.05) is 15.7 Å². The molecule has 0 aliphatic heterocycles. The SMILES string of the molecule is COc1ccc(Cl)cc1S(=O)(=O)N[C@@H](Cc1ccccc1)C(=O)Nc1ccc(Cl)cc1. The van der Waals surface area contributed by atoms with Gasteiger partial charge >= 0.3 is 0 Å². The van der Waals surface area contributed by atoms with Gasteiger partial charge < -0.3 is 10.1 Å². The molecule has 0 aromatic heterocycles. The number of anilines is 1. The molecule has 0 aliphatic carbocycles. The van der Waals surface area contributed by atoms with Crippen molar-refractivity contribution < 1.29 is 17.9 Å². The molecule has 0 saturated heterocycles. The molecule has 0 radical (unpaired) electrons. The molecule has 0 bridgehead atoms. The predicted molar refractivity (Wildman–Crippen MR) is 122 cm³/mol. The van der Waals surface area contributed by atoms with E-state index in [1.807, 2.05) is 30.3 Å². The Morgan fingerprint density at radius 2 is 1.61 bits per heavy atom. The molecule has 2 N–H and O–H groups in total. The maximum Gasteiger partial charge on any atom is 0.245 e. The number of carbonyl (C=O) groups excluding carboxylic acids is 1. The first-order valence-corrected chi connectivity index (χ1v) is 11.5. The van der Waals surface area contributed by atoms with Crippen LogP contribution in [0.3, 0.4) is 0 Å². The van der Waals surface area contributed by atoms with Crippen LogP contribution in [0, 0.1) is 0 Å². The molecule has 0 heterocycles. The summed E-state index contributed by atoms with van der Waals surface area (Å²) in [6.45, 7) is 0. The van der Waals surface area contributed by atoms with Crippen molar-refractivity contribution in [3.63, 3.8) is 0 Å². The number of hydrogen-bond acceptors (Lipinski definition) is 4. The molecule has 0 spiro atoms. The number of benzene rings is 3. The number of rotatable bonds is 8. The average molecular weight is 479 g/mol. The van der Waals surface area contributed by atoms with Crippen LogP contribution in [-0.2, 0) is 21.2 Å². The molecule has 0 fully saturated rings. The molecule has 1 amide bonds. The van der Waals surface area contributed by atoms with Crippen molar-refractivity contribution in [3.8, 4) is 5.75 Å². The van der Waals surface area contributed by atoms with E-state index < -0.39 is 22.0 Å². The highest BCUT2D eigenvalue weighted by Crippen LogP contribution is 2.27. The van der Waals surface area contributed by atoms with Crippen molar-refractivity contribution in [1.82, 2.24) is 4.72 Å². The molecular formula is C22H20Cl2N2O4S. The minimum absolute atomic E-state index is 0.119. The van der Waals surface area contributed by atoms with Crippen LogP contribution >= 0.6 is 23.2 Å². The van der Waals surface area contributed by atoms with Crippen molar-refractivity contribution in [2.24, 2.45) is 0 Å². The van der Waals surface area contributed by atoms with Crippen LogP contribution in [0.5, 0.6) is 5.75 Å². The lowest BCUT2D eigenvalue weighted by Gasteiger charge is -2.20. The molecule has 1 atom stereocenters.